The van der Waals surface area contributed by atoms with E-state index in [1.54, 1.807) is 0 Å². The lowest BCUT2D eigenvalue weighted by atomic mass is 9.88. The Morgan fingerprint density at radius 3 is 2.94 bits per heavy atom. The molecule has 3 unspecified atom stereocenters. The minimum Gasteiger partial charge on any atom is -0.373 e. The predicted molar refractivity (Wildman–Crippen MR) is 75.5 cm³/mol. The van der Waals surface area contributed by atoms with Gasteiger partial charge in [0.1, 0.15) is 0 Å². The Bertz CT molecular complexity index is 377. The Kier molecular flexibility index (Phi) is 4.79. The molecule has 0 fully saturated rings. The molecule has 0 aliphatic carbocycles. The summed E-state index contributed by atoms with van der Waals surface area (Å²) in [5, 5.41) is 0. The molecule has 1 aliphatic heterocycles. The van der Waals surface area contributed by atoms with E-state index in [1.165, 1.54) is 24.0 Å². The number of rotatable bonds is 5. The van der Waals surface area contributed by atoms with E-state index in [0.29, 0.717) is 5.92 Å². The van der Waals surface area contributed by atoms with Gasteiger partial charge in [0.25, 0.3) is 0 Å². The van der Waals surface area contributed by atoms with Crippen LogP contribution in [0.3, 0.4) is 0 Å². The van der Waals surface area contributed by atoms with Crippen LogP contribution in [0, 0.1) is 5.92 Å². The Labute approximate surface area is 111 Å². The van der Waals surface area contributed by atoms with Gasteiger partial charge < -0.3 is 10.5 Å². The van der Waals surface area contributed by atoms with Gasteiger partial charge in [0.05, 0.1) is 12.7 Å². The van der Waals surface area contributed by atoms with Crippen molar-refractivity contribution in [2.75, 3.05) is 6.61 Å². The highest BCUT2D eigenvalue weighted by Crippen LogP contribution is 2.31. The topological polar surface area (TPSA) is 35.2 Å². The maximum Gasteiger partial charge on any atom is 0.0842 e. The second-order valence-electron chi connectivity index (χ2n) is 5.47. The van der Waals surface area contributed by atoms with Gasteiger partial charge in [-0.25, -0.2) is 0 Å². The number of nitrogens with two attached hydrogens (primary N) is 1. The minimum absolute atomic E-state index is 0.198. The van der Waals surface area contributed by atoms with Gasteiger partial charge in [0.2, 0.25) is 0 Å². The summed E-state index contributed by atoms with van der Waals surface area (Å²) in [6.07, 6.45) is 4.58. The summed E-state index contributed by atoms with van der Waals surface area (Å²) in [7, 11) is 0. The first-order valence-electron chi connectivity index (χ1n) is 7.17. The molecule has 0 aromatic heterocycles. The average Bonchev–Trinajstić information content (AvgIpc) is 2.39. The first-order valence-corrected chi connectivity index (χ1v) is 7.17. The van der Waals surface area contributed by atoms with Crippen molar-refractivity contribution in [2.45, 2.75) is 51.7 Å². The summed E-state index contributed by atoms with van der Waals surface area (Å²) in [6.45, 7) is 5.30. The van der Waals surface area contributed by atoms with E-state index in [4.69, 9.17) is 10.5 Å². The highest BCUT2D eigenvalue weighted by molar-refractivity contribution is 5.31. The molecule has 0 saturated heterocycles. The fourth-order valence-corrected chi connectivity index (χ4v) is 2.82. The second kappa shape index (κ2) is 6.35. The first kappa shape index (κ1) is 13.6. The lowest BCUT2D eigenvalue weighted by molar-refractivity contribution is 0.0282. The van der Waals surface area contributed by atoms with Crippen LogP contribution in [0.1, 0.15) is 50.3 Å². The molecule has 0 bridgehead atoms. The Balaban J connectivity index is 2.02. The third-order valence-corrected chi connectivity index (χ3v) is 4.05. The van der Waals surface area contributed by atoms with Crippen LogP contribution < -0.4 is 5.73 Å². The maximum atomic E-state index is 6.31. The first-order chi connectivity index (χ1) is 8.72. The monoisotopic (exact) mass is 247 g/mol. The van der Waals surface area contributed by atoms with Crippen LogP contribution >= 0.6 is 0 Å². The quantitative estimate of drug-likeness (QED) is 0.865. The Morgan fingerprint density at radius 2 is 2.17 bits per heavy atom. The summed E-state index contributed by atoms with van der Waals surface area (Å²) in [5.74, 6) is 0.577. The standard InChI is InChI=1S/C16H25NO/c1-3-6-12(2)15(17)11-16-14-8-5-4-7-13(14)9-10-18-16/h4-5,7-8,12,15-16H,3,6,9-11,17H2,1-2H3. The van der Waals surface area contributed by atoms with Crippen molar-refractivity contribution < 1.29 is 4.74 Å². The highest BCUT2D eigenvalue weighted by Gasteiger charge is 2.24. The normalized spacial score (nSPS) is 22.3. The molecule has 2 nitrogen and oxygen atoms in total. The number of hydrogen-bond donors (Lipinski definition) is 1. The van der Waals surface area contributed by atoms with Gasteiger partial charge in [-0.1, -0.05) is 44.5 Å². The molecular weight excluding hydrogens is 222 g/mol. The van der Waals surface area contributed by atoms with E-state index in [9.17, 15) is 0 Å². The highest BCUT2D eigenvalue weighted by atomic mass is 16.5. The molecule has 2 rings (SSSR count). The van der Waals surface area contributed by atoms with Gasteiger partial charge in [-0.2, -0.15) is 0 Å². The van der Waals surface area contributed by atoms with Crippen LogP contribution in [0.2, 0.25) is 0 Å². The number of ether oxygens (including phenoxy) is 1. The fourth-order valence-electron chi connectivity index (χ4n) is 2.82. The number of hydrogen-bond acceptors (Lipinski definition) is 2. The van der Waals surface area contributed by atoms with E-state index in [2.05, 4.69) is 38.1 Å². The predicted octanol–water partition coefficient (Wildman–Crippen LogP) is 3.45. The molecule has 3 atom stereocenters. The Hall–Kier alpha value is -0.860. The van der Waals surface area contributed by atoms with Crippen LogP contribution in [0.15, 0.2) is 24.3 Å². The zero-order valence-corrected chi connectivity index (χ0v) is 11.6. The zero-order chi connectivity index (χ0) is 13.0. The minimum atomic E-state index is 0.198. The van der Waals surface area contributed by atoms with Crippen molar-refractivity contribution in [1.29, 1.82) is 0 Å². The summed E-state index contributed by atoms with van der Waals surface area (Å²) in [5.41, 5.74) is 9.10. The van der Waals surface area contributed by atoms with E-state index in [1.807, 2.05) is 0 Å². The van der Waals surface area contributed by atoms with Gasteiger partial charge in [0, 0.05) is 6.04 Å². The van der Waals surface area contributed by atoms with E-state index < -0.39 is 0 Å². The van der Waals surface area contributed by atoms with Crippen molar-refractivity contribution in [3.63, 3.8) is 0 Å². The zero-order valence-electron chi connectivity index (χ0n) is 11.6. The molecular formula is C16H25NO. The van der Waals surface area contributed by atoms with E-state index in [-0.39, 0.29) is 12.1 Å². The smallest absolute Gasteiger partial charge is 0.0842 e. The maximum absolute atomic E-state index is 6.31. The van der Waals surface area contributed by atoms with Crippen LogP contribution in [0.25, 0.3) is 0 Å². The SMILES string of the molecule is CCCC(C)C(N)CC1OCCc2ccccc21. The molecule has 1 aliphatic rings. The van der Waals surface area contributed by atoms with Crippen molar-refractivity contribution in [1.82, 2.24) is 0 Å². The van der Waals surface area contributed by atoms with Crippen molar-refractivity contribution in [2.24, 2.45) is 11.7 Å². The summed E-state index contributed by atoms with van der Waals surface area (Å²) < 4.78 is 5.92. The van der Waals surface area contributed by atoms with E-state index >= 15 is 0 Å². The molecule has 1 heterocycles. The summed E-state index contributed by atoms with van der Waals surface area (Å²) >= 11 is 0. The summed E-state index contributed by atoms with van der Waals surface area (Å²) in [4.78, 5) is 0. The lowest BCUT2D eigenvalue weighted by Gasteiger charge is -2.30. The largest absolute Gasteiger partial charge is 0.373 e. The molecule has 18 heavy (non-hydrogen) atoms. The second-order valence-corrected chi connectivity index (χ2v) is 5.47. The Morgan fingerprint density at radius 1 is 1.39 bits per heavy atom. The molecule has 1 aromatic carbocycles. The molecule has 0 spiro atoms. The number of benzene rings is 1. The third kappa shape index (κ3) is 3.12. The molecule has 2 N–H and O–H groups in total. The third-order valence-electron chi connectivity index (χ3n) is 4.05. The molecule has 1 aromatic rings. The molecule has 100 valence electrons. The molecule has 0 radical (unpaired) electrons. The average molecular weight is 247 g/mol. The fraction of sp³-hybridized carbons (Fsp3) is 0.625. The van der Waals surface area contributed by atoms with Gasteiger partial charge in [0.15, 0.2) is 0 Å². The van der Waals surface area contributed by atoms with Crippen molar-refractivity contribution in [3.8, 4) is 0 Å². The lowest BCUT2D eigenvalue weighted by Crippen LogP contribution is -2.32. The van der Waals surface area contributed by atoms with Gasteiger partial charge in [-0.15, -0.1) is 0 Å². The van der Waals surface area contributed by atoms with Crippen LogP contribution in [-0.4, -0.2) is 12.6 Å². The van der Waals surface area contributed by atoms with Crippen molar-refractivity contribution in [3.05, 3.63) is 35.4 Å². The molecule has 0 amide bonds. The van der Waals surface area contributed by atoms with Crippen LogP contribution in [-0.2, 0) is 11.2 Å². The van der Waals surface area contributed by atoms with E-state index in [0.717, 1.165) is 19.4 Å². The van der Waals surface area contributed by atoms with Gasteiger partial charge in [-0.3, -0.25) is 0 Å². The summed E-state index contributed by atoms with van der Waals surface area (Å²) in [6, 6.07) is 8.85. The number of fused-ring (bicyclic) bond motifs is 1. The van der Waals surface area contributed by atoms with Gasteiger partial charge in [-0.05, 0) is 36.3 Å². The van der Waals surface area contributed by atoms with Gasteiger partial charge >= 0.3 is 0 Å². The van der Waals surface area contributed by atoms with Crippen LogP contribution in [0.5, 0.6) is 0 Å². The molecule has 0 saturated carbocycles. The van der Waals surface area contributed by atoms with Crippen LogP contribution in [0.4, 0.5) is 0 Å². The molecule has 2 heteroatoms. The van der Waals surface area contributed by atoms with Crippen molar-refractivity contribution >= 4 is 0 Å².